The van der Waals surface area contributed by atoms with Crippen molar-refractivity contribution < 1.29 is 13.2 Å². The Bertz CT molecular complexity index is 475. The smallest absolute Gasteiger partial charge is 0.261 e. The molecular formula is C17H27BrF2OSi. The highest BCUT2D eigenvalue weighted by Gasteiger charge is 2.55. The van der Waals surface area contributed by atoms with Crippen molar-refractivity contribution in [1.29, 1.82) is 0 Å². The largest absolute Gasteiger partial charge is 0.542 e. The Morgan fingerprint density at radius 1 is 1.05 bits per heavy atom. The molecule has 0 fully saturated rings. The van der Waals surface area contributed by atoms with Crippen molar-refractivity contribution in [3.8, 4) is 5.75 Å². The molecule has 1 aromatic rings. The normalized spacial score (nSPS) is 13.0. The summed E-state index contributed by atoms with van der Waals surface area (Å²) >= 11 is 3.53. The quantitative estimate of drug-likeness (QED) is 0.371. The van der Waals surface area contributed by atoms with Gasteiger partial charge in [-0.05, 0) is 22.5 Å². The molecule has 22 heavy (non-hydrogen) atoms. The summed E-state index contributed by atoms with van der Waals surface area (Å²) in [6.07, 6.45) is 0.966. The van der Waals surface area contributed by atoms with Gasteiger partial charge < -0.3 is 4.43 Å². The molecule has 1 aromatic carbocycles. The summed E-state index contributed by atoms with van der Waals surface area (Å²) in [6, 6.07) is 3.46. The van der Waals surface area contributed by atoms with Crippen molar-refractivity contribution in [1.82, 2.24) is 0 Å². The predicted molar refractivity (Wildman–Crippen MR) is 95.4 cm³/mol. The van der Waals surface area contributed by atoms with E-state index < -0.39 is 20.0 Å². The van der Waals surface area contributed by atoms with Crippen LogP contribution < -0.4 is 4.43 Å². The number of hydrogen-bond acceptors (Lipinski definition) is 1. The summed E-state index contributed by atoms with van der Waals surface area (Å²) in [4.78, 5) is 0. The SMILES string of the molecule is CC(C)[Si](Oc1cc(F)cc(F)c1)(C(C)C)C(C)(C)CCBr. The van der Waals surface area contributed by atoms with Gasteiger partial charge in [0.05, 0.1) is 0 Å². The van der Waals surface area contributed by atoms with Gasteiger partial charge in [-0.3, -0.25) is 0 Å². The molecule has 0 unspecified atom stereocenters. The third-order valence-electron chi connectivity index (χ3n) is 4.62. The average Bonchev–Trinajstić information content (AvgIpc) is 2.33. The van der Waals surface area contributed by atoms with Gasteiger partial charge in [-0.2, -0.15) is 0 Å². The molecule has 0 aliphatic carbocycles. The topological polar surface area (TPSA) is 9.23 Å². The molecule has 0 aliphatic rings. The molecule has 0 aromatic heterocycles. The van der Waals surface area contributed by atoms with E-state index in [9.17, 15) is 8.78 Å². The maximum atomic E-state index is 13.5. The molecule has 0 N–H and O–H groups in total. The average molecular weight is 393 g/mol. The molecule has 126 valence electrons. The molecule has 0 aliphatic heterocycles. The molecule has 0 spiro atoms. The fourth-order valence-electron chi connectivity index (χ4n) is 3.82. The summed E-state index contributed by atoms with van der Waals surface area (Å²) < 4.78 is 33.5. The summed E-state index contributed by atoms with van der Waals surface area (Å²) in [5.41, 5.74) is 0.653. The minimum Gasteiger partial charge on any atom is -0.542 e. The van der Waals surface area contributed by atoms with Crippen molar-refractivity contribution in [2.75, 3.05) is 5.33 Å². The zero-order valence-corrected chi connectivity index (χ0v) is 16.9. The number of rotatable bonds is 7. The third-order valence-corrected chi connectivity index (χ3v) is 11.4. The summed E-state index contributed by atoms with van der Waals surface area (Å²) in [5, 5.41) is 0.858. The van der Waals surface area contributed by atoms with Gasteiger partial charge in [0, 0.05) is 23.5 Å². The molecule has 0 heterocycles. The standard InChI is InChI=1S/C17H27BrF2OSi/c1-12(2)22(13(3)4,17(5,6)7-8-18)21-16-10-14(19)9-15(20)11-16/h9-13H,7-8H2,1-6H3. The van der Waals surface area contributed by atoms with Crippen LogP contribution in [0, 0.1) is 11.6 Å². The van der Waals surface area contributed by atoms with E-state index >= 15 is 0 Å². The Labute approximate surface area is 142 Å². The van der Waals surface area contributed by atoms with Gasteiger partial charge in [0.2, 0.25) is 0 Å². The van der Waals surface area contributed by atoms with Crippen LogP contribution in [0.2, 0.25) is 16.1 Å². The Morgan fingerprint density at radius 3 is 1.86 bits per heavy atom. The number of alkyl halides is 1. The highest BCUT2D eigenvalue weighted by molar-refractivity contribution is 9.09. The van der Waals surface area contributed by atoms with E-state index in [0.29, 0.717) is 16.8 Å². The maximum absolute atomic E-state index is 13.5. The molecule has 0 bridgehead atoms. The van der Waals surface area contributed by atoms with Gasteiger partial charge in [-0.1, -0.05) is 57.5 Å². The Kier molecular flexibility index (Phi) is 6.63. The molecule has 0 amide bonds. The lowest BCUT2D eigenvalue weighted by Gasteiger charge is -2.49. The minimum absolute atomic E-state index is 0.0262. The zero-order valence-electron chi connectivity index (χ0n) is 14.3. The minimum atomic E-state index is -2.35. The van der Waals surface area contributed by atoms with Gasteiger partial charge in [0.1, 0.15) is 17.4 Å². The van der Waals surface area contributed by atoms with Crippen LogP contribution in [0.25, 0.3) is 0 Å². The molecule has 1 nitrogen and oxygen atoms in total. The van der Waals surface area contributed by atoms with Crippen LogP contribution in [-0.4, -0.2) is 13.6 Å². The van der Waals surface area contributed by atoms with E-state index in [1.807, 2.05) is 0 Å². The van der Waals surface area contributed by atoms with Crippen molar-refractivity contribution >= 4 is 24.2 Å². The van der Waals surface area contributed by atoms with Crippen LogP contribution >= 0.6 is 15.9 Å². The second-order valence-electron chi connectivity index (χ2n) is 7.13. The summed E-state index contributed by atoms with van der Waals surface area (Å²) in [5.74, 6) is -0.873. The third kappa shape index (κ3) is 3.91. The van der Waals surface area contributed by atoms with Crippen molar-refractivity contribution in [2.24, 2.45) is 0 Å². The Balaban J connectivity index is 3.37. The van der Waals surface area contributed by atoms with E-state index in [1.165, 1.54) is 12.1 Å². The predicted octanol–water partition coefficient (Wildman–Crippen LogP) is 6.67. The van der Waals surface area contributed by atoms with Crippen LogP contribution in [0.1, 0.15) is 48.0 Å². The van der Waals surface area contributed by atoms with Gasteiger partial charge in [-0.15, -0.1) is 0 Å². The fourth-order valence-corrected chi connectivity index (χ4v) is 11.4. The van der Waals surface area contributed by atoms with E-state index in [0.717, 1.165) is 17.8 Å². The lowest BCUT2D eigenvalue weighted by Crippen LogP contribution is -2.56. The summed E-state index contributed by atoms with van der Waals surface area (Å²) in [6.45, 7) is 13.1. The lowest BCUT2D eigenvalue weighted by atomic mass is 10.1. The van der Waals surface area contributed by atoms with Crippen LogP contribution in [0.5, 0.6) is 5.75 Å². The molecule has 0 saturated heterocycles. The monoisotopic (exact) mass is 392 g/mol. The highest BCUT2D eigenvalue weighted by Crippen LogP contribution is 2.53. The van der Waals surface area contributed by atoms with E-state index in [-0.39, 0.29) is 5.04 Å². The second-order valence-corrected chi connectivity index (χ2v) is 13.4. The van der Waals surface area contributed by atoms with E-state index in [2.05, 4.69) is 57.5 Å². The first kappa shape index (κ1) is 19.6. The molecular weight excluding hydrogens is 366 g/mol. The van der Waals surface area contributed by atoms with Gasteiger partial charge in [0.15, 0.2) is 0 Å². The van der Waals surface area contributed by atoms with E-state index in [1.54, 1.807) is 0 Å². The zero-order chi connectivity index (χ0) is 17.1. The molecule has 5 heteroatoms. The summed E-state index contributed by atoms with van der Waals surface area (Å²) in [7, 11) is -2.35. The van der Waals surface area contributed by atoms with E-state index in [4.69, 9.17) is 4.43 Å². The van der Waals surface area contributed by atoms with Gasteiger partial charge in [-0.25, -0.2) is 8.78 Å². The fraction of sp³-hybridized carbons (Fsp3) is 0.647. The van der Waals surface area contributed by atoms with Gasteiger partial charge >= 0.3 is 0 Å². The van der Waals surface area contributed by atoms with Crippen molar-refractivity contribution in [3.63, 3.8) is 0 Å². The first-order valence-electron chi connectivity index (χ1n) is 7.78. The first-order chi connectivity index (χ1) is 10.1. The number of hydrogen-bond donors (Lipinski definition) is 0. The second kappa shape index (κ2) is 7.43. The highest BCUT2D eigenvalue weighted by atomic mass is 79.9. The molecule has 0 atom stereocenters. The Morgan fingerprint density at radius 2 is 1.50 bits per heavy atom. The first-order valence-corrected chi connectivity index (χ1v) is 11.0. The maximum Gasteiger partial charge on any atom is 0.261 e. The molecule has 1 rings (SSSR count). The van der Waals surface area contributed by atoms with Crippen LogP contribution in [0.15, 0.2) is 18.2 Å². The van der Waals surface area contributed by atoms with Crippen LogP contribution in [0.4, 0.5) is 8.78 Å². The molecule has 0 saturated carbocycles. The Hall–Kier alpha value is -0.423. The van der Waals surface area contributed by atoms with Crippen LogP contribution in [0.3, 0.4) is 0 Å². The molecule has 0 radical (unpaired) electrons. The van der Waals surface area contributed by atoms with Gasteiger partial charge in [0.25, 0.3) is 8.32 Å². The lowest BCUT2D eigenvalue weighted by molar-refractivity contribution is 0.416. The van der Waals surface area contributed by atoms with Crippen molar-refractivity contribution in [3.05, 3.63) is 29.8 Å². The van der Waals surface area contributed by atoms with Crippen LogP contribution in [-0.2, 0) is 0 Å². The number of halogens is 3. The van der Waals surface area contributed by atoms with Crippen molar-refractivity contribution in [2.45, 2.75) is 64.1 Å². The number of benzene rings is 1.